The Morgan fingerprint density at radius 2 is 2.21 bits per heavy atom. The van der Waals surface area contributed by atoms with Gasteiger partial charge < -0.3 is 5.11 Å². The van der Waals surface area contributed by atoms with E-state index in [2.05, 4.69) is 6.92 Å². The van der Waals surface area contributed by atoms with E-state index in [1.54, 1.807) is 6.07 Å². The molecule has 0 fully saturated rings. The number of hydrogen-bond acceptors (Lipinski definition) is 1. The minimum atomic E-state index is -0.964. The maximum atomic E-state index is 10.8. The topological polar surface area (TPSA) is 37.3 Å². The van der Waals surface area contributed by atoms with E-state index < -0.39 is 5.97 Å². The van der Waals surface area contributed by atoms with Crippen molar-refractivity contribution in [3.63, 3.8) is 0 Å². The van der Waals surface area contributed by atoms with Crippen LogP contribution in [-0.2, 0) is 6.42 Å². The standard InChI is InChI=1S/C11H13ClO2/c1-2-3-5-8-6-4-7-9(10(8)12)11(13)14/h4,6-7H,2-3,5H2,1H3,(H,13,14). The van der Waals surface area contributed by atoms with Gasteiger partial charge in [0.25, 0.3) is 0 Å². The average molecular weight is 213 g/mol. The van der Waals surface area contributed by atoms with Crippen molar-refractivity contribution >= 4 is 17.6 Å². The molecule has 1 aromatic carbocycles. The van der Waals surface area contributed by atoms with Crippen molar-refractivity contribution < 1.29 is 9.90 Å². The third-order valence-electron chi connectivity index (χ3n) is 2.11. The lowest BCUT2D eigenvalue weighted by atomic mass is 10.1. The number of benzene rings is 1. The van der Waals surface area contributed by atoms with Crippen molar-refractivity contribution in [3.8, 4) is 0 Å². The molecule has 0 spiro atoms. The van der Waals surface area contributed by atoms with Crippen LogP contribution in [0.2, 0.25) is 5.02 Å². The van der Waals surface area contributed by atoms with Gasteiger partial charge >= 0.3 is 5.97 Å². The van der Waals surface area contributed by atoms with Crippen molar-refractivity contribution in [2.45, 2.75) is 26.2 Å². The van der Waals surface area contributed by atoms with Crippen LogP contribution >= 0.6 is 11.6 Å². The lowest BCUT2D eigenvalue weighted by molar-refractivity contribution is 0.0697. The second-order valence-electron chi connectivity index (χ2n) is 3.19. The first kappa shape index (κ1) is 11.1. The van der Waals surface area contributed by atoms with Gasteiger partial charge in [-0.2, -0.15) is 0 Å². The summed E-state index contributed by atoms with van der Waals surface area (Å²) in [6.45, 7) is 2.09. The Balaban J connectivity index is 2.95. The Hall–Kier alpha value is -1.02. The average Bonchev–Trinajstić information content (AvgIpc) is 2.16. The van der Waals surface area contributed by atoms with Crippen molar-refractivity contribution in [1.29, 1.82) is 0 Å². The molecule has 0 heterocycles. The van der Waals surface area contributed by atoms with Crippen LogP contribution in [0.15, 0.2) is 18.2 Å². The SMILES string of the molecule is CCCCc1cccc(C(=O)O)c1Cl. The van der Waals surface area contributed by atoms with Crippen molar-refractivity contribution in [1.82, 2.24) is 0 Å². The number of carboxylic acids is 1. The monoisotopic (exact) mass is 212 g/mol. The summed E-state index contributed by atoms with van der Waals surface area (Å²) in [5, 5.41) is 9.21. The number of unbranched alkanes of at least 4 members (excludes halogenated alkanes) is 1. The van der Waals surface area contributed by atoms with Crippen LogP contribution in [-0.4, -0.2) is 11.1 Å². The van der Waals surface area contributed by atoms with Gasteiger partial charge in [0.1, 0.15) is 0 Å². The van der Waals surface area contributed by atoms with Gasteiger partial charge in [-0.15, -0.1) is 0 Å². The Bertz CT molecular complexity index is 334. The molecule has 0 atom stereocenters. The van der Waals surface area contributed by atoms with Crippen LogP contribution in [0.3, 0.4) is 0 Å². The summed E-state index contributed by atoms with van der Waals surface area (Å²) < 4.78 is 0. The van der Waals surface area contributed by atoms with E-state index in [1.807, 2.05) is 6.07 Å². The summed E-state index contributed by atoms with van der Waals surface area (Å²) in [6.07, 6.45) is 2.95. The zero-order valence-electron chi connectivity index (χ0n) is 8.09. The molecule has 1 aromatic rings. The predicted octanol–water partition coefficient (Wildman–Crippen LogP) is 3.38. The normalized spacial score (nSPS) is 10.1. The zero-order chi connectivity index (χ0) is 10.6. The van der Waals surface area contributed by atoms with Crippen LogP contribution in [0.25, 0.3) is 0 Å². The molecule has 76 valence electrons. The third-order valence-corrected chi connectivity index (χ3v) is 2.56. The fourth-order valence-electron chi connectivity index (χ4n) is 1.31. The van der Waals surface area contributed by atoms with Gasteiger partial charge in [0.2, 0.25) is 0 Å². The van der Waals surface area contributed by atoms with E-state index in [0.717, 1.165) is 24.8 Å². The highest BCUT2D eigenvalue weighted by molar-refractivity contribution is 6.34. The number of rotatable bonds is 4. The molecule has 0 unspecified atom stereocenters. The number of hydrogen-bond donors (Lipinski definition) is 1. The summed E-state index contributed by atoms with van der Waals surface area (Å²) in [4.78, 5) is 10.8. The molecular weight excluding hydrogens is 200 g/mol. The van der Waals surface area contributed by atoms with Gasteiger partial charge in [0, 0.05) is 0 Å². The zero-order valence-corrected chi connectivity index (χ0v) is 8.84. The van der Waals surface area contributed by atoms with E-state index in [9.17, 15) is 4.79 Å². The second-order valence-corrected chi connectivity index (χ2v) is 3.57. The molecule has 1 N–H and O–H groups in total. The van der Waals surface area contributed by atoms with E-state index >= 15 is 0 Å². The largest absolute Gasteiger partial charge is 0.478 e. The van der Waals surface area contributed by atoms with E-state index in [4.69, 9.17) is 16.7 Å². The Morgan fingerprint density at radius 1 is 1.50 bits per heavy atom. The van der Waals surface area contributed by atoms with Gasteiger partial charge in [-0.25, -0.2) is 4.79 Å². The Kier molecular flexibility index (Phi) is 3.96. The van der Waals surface area contributed by atoms with E-state index in [1.165, 1.54) is 6.07 Å². The molecule has 0 aliphatic rings. The molecule has 0 aliphatic heterocycles. The van der Waals surface area contributed by atoms with Crippen LogP contribution in [0.1, 0.15) is 35.7 Å². The lowest BCUT2D eigenvalue weighted by Gasteiger charge is -2.05. The van der Waals surface area contributed by atoms with Crippen LogP contribution in [0.5, 0.6) is 0 Å². The number of carbonyl (C=O) groups is 1. The maximum Gasteiger partial charge on any atom is 0.337 e. The van der Waals surface area contributed by atoms with Gasteiger partial charge in [-0.05, 0) is 24.5 Å². The fourth-order valence-corrected chi connectivity index (χ4v) is 1.61. The molecule has 0 amide bonds. The highest BCUT2D eigenvalue weighted by atomic mass is 35.5. The van der Waals surface area contributed by atoms with E-state index in [0.29, 0.717) is 5.02 Å². The molecule has 1 rings (SSSR count). The van der Waals surface area contributed by atoms with Crippen molar-refractivity contribution in [3.05, 3.63) is 34.3 Å². The summed E-state index contributed by atoms with van der Waals surface area (Å²) in [5.41, 5.74) is 1.12. The molecule has 0 aromatic heterocycles. The van der Waals surface area contributed by atoms with Crippen LogP contribution in [0.4, 0.5) is 0 Å². The maximum absolute atomic E-state index is 10.8. The molecular formula is C11H13ClO2. The Labute approximate surface area is 88.5 Å². The second kappa shape index (κ2) is 5.01. The Morgan fingerprint density at radius 3 is 2.79 bits per heavy atom. The van der Waals surface area contributed by atoms with Crippen molar-refractivity contribution in [2.75, 3.05) is 0 Å². The van der Waals surface area contributed by atoms with Crippen LogP contribution in [0, 0.1) is 0 Å². The molecule has 2 nitrogen and oxygen atoms in total. The van der Waals surface area contributed by atoms with Gasteiger partial charge in [-0.1, -0.05) is 37.1 Å². The summed E-state index contributed by atoms with van der Waals surface area (Å²) in [7, 11) is 0. The smallest absolute Gasteiger partial charge is 0.337 e. The minimum absolute atomic E-state index is 0.195. The lowest BCUT2D eigenvalue weighted by Crippen LogP contribution is -1.99. The van der Waals surface area contributed by atoms with Gasteiger partial charge in [-0.3, -0.25) is 0 Å². The van der Waals surface area contributed by atoms with Crippen LogP contribution < -0.4 is 0 Å². The molecule has 3 heteroatoms. The molecule has 14 heavy (non-hydrogen) atoms. The van der Waals surface area contributed by atoms with E-state index in [-0.39, 0.29) is 5.56 Å². The first-order valence-electron chi connectivity index (χ1n) is 4.67. The number of halogens is 1. The summed E-state index contributed by atoms with van der Waals surface area (Å²) >= 11 is 5.96. The summed E-state index contributed by atoms with van der Waals surface area (Å²) in [5.74, 6) is -0.964. The third kappa shape index (κ3) is 2.48. The fraction of sp³-hybridized carbons (Fsp3) is 0.364. The van der Waals surface area contributed by atoms with Crippen molar-refractivity contribution in [2.24, 2.45) is 0 Å². The molecule has 0 saturated heterocycles. The van der Waals surface area contributed by atoms with Gasteiger partial charge in [0.15, 0.2) is 0 Å². The number of aromatic carboxylic acids is 1. The first-order valence-corrected chi connectivity index (χ1v) is 5.05. The summed E-state index contributed by atoms with van der Waals surface area (Å²) in [6, 6.07) is 5.14. The first-order chi connectivity index (χ1) is 6.66. The molecule has 0 aliphatic carbocycles. The van der Waals surface area contributed by atoms with Gasteiger partial charge in [0.05, 0.1) is 10.6 Å². The minimum Gasteiger partial charge on any atom is -0.478 e. The quantitative estimate of drug-likeness (QED) is 0.831. The highest BCUT2D eigenvalue weighted by Gasteiger charge is 2.10. The number of aryl methyl sites for hydroxylation is 1. The number of carboxylic acid groups (broad SMARTS) is 1. The highest BCUT2D eigenvalue weighted by Crippen LogP contribution is 2.22. The predicted molar refractivity (Wildman–Crippen MR) is 57.0 cm³/mol. The molecule has 0 bridgehead atoms. The molecule has 0 saturated carbocycles. The molecule has 0 radical (unpaired) electrons.